The first kappa shape index (κ1) is 13.6. The summed E-state index contributed by atoms with van der Waals surface area (Å²) >= 11 is 5.94. The number of anilines is 1. The number of benzene rings is 2. The Hall–Kier alpha value is -2.40. The van der Waals surface area contributed by atoms with Crippen molar-refractivity contribution in [3.8, 4) is 17.1 Å². The molecule has 0 fully saturated rings. The molecule has 0 spiro atoms. The van der Waals surface area contributed by atoms with Crippen LogP contribution in [0.25, 0.3) is 17.1 Å². The number of nitrogens with two attached hydrogens (primary N) is 1. The third-order valence-electron chi connectivity index (χ3n) is 3.32. The standard InChI is InChI=1S/C15H14ClN5/c1-2-10-5-3-4-6-14(10)21-15(18-19-20-21)12-8-7-11(16)9-13(12)17/h3-9H,2,17H2,1H3. The molecular formula is C15H14ClN5. The molecule has 2 aromatic carbocycles. The average molecular weight is 300 g/mol. The van der Waals surface area contributed by atoms with Gasteiger partial charge in [0.15, 0.2) is 5.82 Å². The van der Waals surface area contributed by atoms with E-state index in [1.54, 1.807) is 16.8 Å². The van der Waals surface area contributed by atoms with Gasteiger partial charge < -0.3 is 5.73 Å². The van der Waals surface area contributed by atoms with Crippen molar-refractivity contribution >= 4 is 17.3 Å². The van der Waals surface area contributed by atoms with Crippen molar-refractivity contribution in [2.24, 2.45) is 0 Å². The fourth-order valence-corrected chi connectivity index (χ4v) is 2.45. The summed E-state index contributed by atoms with van der Waals surface area (Å²) in [5.74, 6) is 0.602. The predicted octanol–water partition coefficient (Wildman–Crippen LogP) is 3.13. The van der Waals surface area contributed by atoms with E-state index >= 15 is 0 Å². The molecule has 0 unspecified atom stereocenters. The molecular weight excluding hydrogens is 286 g/mol. The zero-order valence-electron chi connectivity index (χ0n) is 11.5. The van der Waals surface area contributed by atoms with Crippen LogP contribution in [-0.2, 0) is 6.42 Å². The van der Waals surface area contributed by atoms with E-state index in [1.165, 1.54) is 5.56 Å². The molecule has 1 aromatic heterocycles. The predicted molar refractivity (Wildman–Crippen MR) is 83.4 cm³/mol. The average Bonchev–Trinajstić information content (AvgIpc) is 2.96. The smallest absolute Gasteiger partial charge is 0.189 e. The number of halogens is 1. The van der Waals surface area contributed by atoms with Gasteiger partial charge in [0, 0.05) is 16.3 Å². The zero-order valence-corrected chi connectivity index (χ0v) is 12.2. The Morgan fingerprint density at radius 2 is 2.00 bits per heavy atom. The number of aryl methyl sites for hydroxylation is 1. The van der Waals surface area contributed by atoms with Crippen LogP contribution in [0, 0.1) is 0 Å². The molecule has 2 N–H and O–H groups in total. The van der Waals surface area contributed by atoms with Gasteiger partial charge >= 0.3 is 0 Å². The summed E-state index contributed by atoms with van der Waals surface area (Å²) in [6.07, 6.45) is 0.894. The SMILES string of the molecule is CCc1ccccc1-n1nnnc1-c1ccc(Cl)cc1N. The molecule has 0 aliphatic rings. The van der Waals surface area contributed by atoms with E-state index in [0.717, 1.165) is 17.7 Å². The van der Waals surface area contributed by atoms with Crippen LogP contribution in [0.3, 0.4) is 0 Å². The van der Waals surface area contributed by atoms with Gasteiger partial charge in [0.05, 0.1) is 5.69 Å². The minimum Gasteiger partial charge on any atom is -0.398 e. The number of rotatable bonds is 3. The number of hydrogen-bond acceptors (Lipinski definition) is 4. The lowest BCUT2D eigenvalue weighted by Gasteiger charge is -2.10. The lowest BCUT2D eigenvalue weighted by atomic mass is 10.1. The topological polar surface area (TPSA) is 69.6 Å². The van der Waals surface area contributed by atoms with Crippen molar-refractivity contribution in [3.05, 3.63) is 53.1 Å². The Bertz CT molecular complexity index is 781. The Balaban J connectivity index is 2.17. The molecule has 0 aliphatic heterocycles. The summed E-state index contributed by atoms with van der Waals surface area (Å²) in [5.41, 5.74) is 9.46. The van der Waals surface area contributed by atoms with E-state index in [1.807, 2.05) is 24.3 Å². The van der Waals surface area contributed by atoms with Crippen molar-refractivity contribution < 1.29 is 0 Å². The normalized spacial score (nSPS) is 10.8. The molecule has 0 amide bonds. The second kappa shape index (κ2) is 5.54. The lowest BCUT2D eigenvalue weighted by molar-refractivity contribution is 0.783. The van der Waals surface area contributed by atoms with E-state index in [0.29, 0.717) is 16.5 Å². The van der Waals surface area contributed by atoms with Crippen molar-refractivity contribution in [1.82, 2.24) is 20.2 Å². The Labute approximate surface area is 127 Å². The van der Waals surface area contributed by atoms with Crippen LogP contribution < -0.4 is 5.73 Å². The van der Waals surface area contributed by atoms with Crippen molar-refractivity contribution in [3.63, 3.8) is 0 Å². The molecule has 5 nitrogen and oxygen atoms in total. The molecule has 106 valence electrons. The first-order chi connectivity index (χ1) is 10.2. The van der Waals surface area contributed by atoms with Crippen LogP contribution in [0.4, 0.5) is 5.69 Å². The van der Waals surface area contributed by atoms with Crippen LogP contribution in [-0.4, -0.2) is 20.2 Å². The number of tetrazole rings is 1. The van der Waals surface area contributed by atoms with Crippen LogP contribution in [0.2, 0.25) is 5.02 Å². The quantitative estimate of drug-likeness (QED) is 0.754. The highest BCUT2D eigenvalue weighted by atomic mass is 35.5. The van der Waals surface area contributed by atoms with Crippen LogP contribution in [0.15, 0.2) is 42.5 Å². The Morgan fingerprint density at radius 3 is 2.76 bits per heavy atom. The van der Waals surface area contributed by atoms with Gasteiger partial charge in [-0.2, -0.15) is 4.68 Å². The molecule has 0 saturated carbocycles. The van der Waals surface area contributed by atoms with E-state index < -0.39 is 0 Å². The maximum atomic E-state index is 6.04. The molecule has 0 atom stereocenters. The highest BCUT2D eigenvalue weighted by Crippen LogP contribution is 2.28. The maximum absolute atomic E-state index is 6.04. The van der Waals surface area contributed by atoms with Gasteiger partial charge in [-0.1, -0.05) is 36.7 Å². The minimum absolute atomic E-state index is 0.549. The fraction of sp³-hybridized carbons (Fsp3) is 0.133. The summed E-state index contributed by atoms with van der Waals surface area (Å²) in [6, 6.07) is 13.3. The number of hydrogen-bond donors (Lipinski definition) is 1. The monoisotopic (exact) mass is 299 g/mol. The van der Waals surface area contributed by atoms with Gasteiger partial charge in [0.2, 0.25) is 0 Å². The Kier molecular flexibility index (Phi) is 3.58. The summed E-state index contributed by atoms with van der Waals surface area (Å²) < 4.78 is 1.71. The van der Waals surface area contributed by atoms with E-state index in [2.05, 4.69) is 28.5 Å². The van der Waals surface area contributed by atoms with Crippen LogP contribution in [0.5, 0.6) is 0 Å². The number of aromatic nitrogens is 4. The summed E-state index contributed by atoms with van der Waals surface area (Å²) in [4.78, 5) is 0. The van der Waals surface area contributed by atoms with Gasteiger partial charge in [-0.15, -0.1) is 5.10 Å². The minimum atomic E-state index is 0.549. The second-order valence-corrected chi connectivity index (χ2v) is 5.06. The van der Waals surface area contributed by atoms with E-state index in [4.69, 9.17) is 17.3 Å². The first-order valence-electron chi connectivity index (χ1n) is 6.62. The van der Waals surface area contributed by atoms with Gasteiger partial charge in [-0.25, -0.2) is 0 Å². The second-order valence-electron chi connectivity index (χ2n) is 4.63. The molecule has 0 radical (unpaired) electrons. The van der Waals surface area contributed by atoms with Crippen molar-refractivity contribution in [2.45, 2.75) is 13.3 Å². The summed E-state index contributed by atoms with van der Waals surface area (Å²) in [5, 5.41) is 12.6. The lowest BCUT2D eigenvalue weighted by Crippen LogP contribution is -2.04. The summed E-state index contributed by atoms with van der Waals surface area (Å²) in [7, 11) is 0. The zero-order chi connectivity index (χ0) is 14.8. The largest absolute Gasteiger partial charge is 0.398 e. The number of nitrogen functional groups attached to an aromatic ring is 1. The third-order valence-corrected chi connectivity index (χ3v) is 3.56. The molecule has 0 aliphatic carbocycles. The molecule has 3 aromatic rings. The molecule has 6 heteroatoms. The number of para-hydroxylation sites is 1. The van der Waals surface area contributed by atoms with Crippen molar-refractivity contribution in [2.75, 3.05) is 5.73 Å². The van der Waals surface area contributed by atoms with Gasteiger partial charge in [0.25, 0.3) is 0 Å². The molecule has 0 bridgehead atoms. The van der Waals surface area contributed by atoms with Gasteiger partial charge in [-0.05, 0) is 46.7 Å². The van der Waals surface area contributed by atoms with E-state index in [-0.39, 0.29) is 0 Å². The molecule has 3 rings (SSSR count). The highest BCUT2D eigenvalue weighted by molar-refractivity contribution is 6.31. The fourth-order valence-electron chi connectivity index (χ4n) is 2.27. The van der Waals surface area contributed by atoms with Gasteiger partial charge in [0.1, 0.15) is 0 Å². The summed E-state index contributed by atoms with van der Waals surface area (Å²) in [6.45, 7) is 2.10. The molecule has 21 heavy (non-hydrogen) atoms. The van der Waals surface area contributed by atoms with Crippen LogP contribution >= 0.6 is 11.6 Å². The number of nitrogens with zero attached hydrogens (tertiary/aromatic N) is 4. The first-order valence-corrected chi connectivity index (χ1v) is 7.00. The third kappa shape index (κ3) is 2.48. The van der Waals surface area contributed by atoms with Gasteiger partial charge in [-0.3, -0.25) is 0 Å². The molecule has 0 saturated heterocycles. The van der Waals surface area contributed by atoms with Crippen molar-refractivity contribution in [1.29, 1.82) is 0 Å². The molecule has 1 heterocycles. The maximum Gasteiger partial charge on any atom is 0.189 e. The Morgan fingerprint density at radius 1 is 1.19 bits per heavy atom. The highest BCUT2D eigenvalue weighted by Gasteiger charge is 2.15. The van der Waals surface area contributed by atoms with E-state index in [9.17, 15) is 0 Å². The van der Waals surface area contributed by atoms with Crippen LogP contribution in [0.1, 0.15) is 12.5 Å².